The number of carbonyl (C=O) groups is 3. The van der Waals surface area contributed by atoms with Gasteiger partial charge in [-0.25, -0.2) is 4.79 Å². The maximum absolute atomic E-state index is 13.7. The summed E-state index contributed by atoms with van der Waals surface area (Å²) in [6.07, 6.45) is 7.10. The smallest absolute Gasteiger partial charge is 0.328 e. The number of hydrogen-bond acceptors (Lipinski definition) is 5. The first kappa shape index (κ1) is 30.5. The Morgan fingerprint density at radius 1 is 0.878 bits per heavy atom. The van der Waals surface area contributed by atoms with Crippen molar-refractivity contribution in [3.63, 3.8) is 0 Å². The first-order valence-corrected chi connectivity index (χ1v) is 15.8. The number of aliphatic hydroxyl groups excluding tert-OH is 2. The standard InChI is InChI=1S/C33H51NO7/c1-18(2)19-9-14-33(28(40)41)16-15-30(4)20(25(19)33)7-8-22-29(3)12-11-24(36)32(6,23(29)10-13-31(22,30)5)27(39)34-21(17-35)26(37)38/h19-25,35-36H,1,7-17H2,2-6H3,(H,34,39)(H,37,38)(H,40,41)/t19-,20+,21-,22+,23+,24+,25+,29+,30+,31+,32-,33-/m0/s1. The molecule has 5 aliphatic rings. The van der Waals surface area contributed by atoms with Crippen LogP contribution in [0.5, 0.6) is 0 Å². The third-order valence-corrected chi connectivity index (χ3v) is 14.4. The quantitative estimate of drug-likeness (QED) is 0.291. The van der Waals surface area contributed by atoms with E-state index in [1.54, 1.807) is 6.92 Å². The Morgan fingerprint density at radius 3 is 2.15 bits per heavy atom. The maximum Gasteiger partial charge on any atom is 0.328 e. The third kappa shape index (κ3) is 3.87. The monoisotopic (exact) mass is 573 g/mol. The minimum atomic E-state index is -1.41. The van der Waals surface area contributed by atoms with Crippen molar-refractivity contribution < 1.29 is 34.8 Å². The Bertz CT molecular complexity index is 1140. The van der Waals surface area contributed by atoms with Gasteiger partial charge in [0.15, 0.2) is 0 Å². The molecule has 0 aromatic carbocycles. The molecule has 5 saturated carbocycles. The highest BCUT2D eigenvalue weighted by Gasteiger charge is 2.73. The Hall–Kier alpha value is -1.93. The van der Waals surface area contributed by atoms with Crippen molar-refractivity contribution in [3.05, 3.63) is 12.2 Å². The van der Waals surface area contributed by atoms with Crippen molar-refractivity contribution >= 4 is 17.8 Å². The van der Waals surface area contributed by atoms with Gasteiger partial charge in [-0.05, 0) is 124 Å². The molecule has 0 heterocycles. The van der Waals surface area contributed by atoms with Crippen LogP contribution in [-0.2, 0) is 14.4 Å². The van der Waals surface area contributed by atoms with Crippen LogP contribution in [0.1, 0.15) is 98.8 Å². The lowest BCUT2D eigenvalue weighted by Crippen LogP contribution is -2.69. The number of aliphatic carboxylic acids is 2. The predicted molar refractivity (Wildman–Crippen MR) is 154 cm³/mol. The molecule has 5 aliphatic carbocycles. The van der Waals surface area contributed by atoms with Crippen molar-refractivity contribution in [1.29, 1.82) is 0 Å². The van der Waals surface area contributed by atoms with Crippen LogP contribution in [0.15, 0.2) is 12.2 Å². The zero-order valence-electron chi connectivity index (χ0n) is 25.5. The number of amides is 1. The Kier molecular flexibility index (Phi) is 7.30. The van der Waals surface area contributed by atoms with Crippen LogP contribution in [0.2, 0.25) is 0 Å². The third-order valence-electron chi connectivity index (χ3n) is 14.4. The molecule has 0 bridgehead atoms. The van der Waals surface area contributed by atoms with Crippen molar-refractivity contribution in [1.82, 2.24) is 5.32 Å². The van der Waals surface area contributed by atoms with Gasteiger partial charge in [-0.3, -0.25) is 9.59 Å². The number of carboxylic acid groups (broad SMARTS) is 2. The molecule has 41 heavy (non-hydrogen) atoms. The number of allylic oxidation sites excluding steroid dienone is 1. The number of fused-ring (bicyclic) bond motifs is 7. The SMILES string of the molecule is C=C(C)[C@@H]1CC[C@]2(C(=O)O)CC[C@]3(C)[C@H](CC[C@@H]4[C@@]5(C)CC[C@@H](O)[C@@](C)(C(=O)N[C@@H](CO)C(=O)O)[C@@H]5CC[C@]43C)[C@@H]12. The van der Waals surface area contributed by atoms with Crippen LogP contribution in [-0.4, -0.2) is 57.0 Å². The summed E-state index contributed by atoms with van der Waals surface area (Å²) in [7, 11) is 0. The molecule has 5 N–H and O–H groups in total. The van der Waals surface area contributed by atoms with Crippen LogP contribution in [0.3, 0.4) is 0 Å². The molecule has 0 saturated heterocycles. The lowest BCUT2D eigenvalue weighted by molar-refractivity contribution is -0.248. The second-order valence-corrected chi connectivity index (χ2v) is 15.5. The zero-order chi connectivity index (χ0) is 30.3. The topological polar surface area (TPSA) is 144 Å². The molecule has 230 valence electrons. The van der Waals surface area contributed by atoms with E-state index in [0.717, 1.165) is 56.9 Å². The molecule has 0 aromatic heterocycles. The molecule has 0 spiro atoms. The highest BCUT2D eigenvalue weighted by Crippen LogP contribution is 2.77. The van der Waals surface area contributed by atoms with Crippen LogP contribution >= 0.6 is 0 Å². The molecule has 8 heteroatoms. The normalized spacial score (nSPS) is 49.4. The predicted octanol–water partition coefficient (Wildman–Crippen LogP) is 4.63. The van der Waals surface area contributed by atoms with E-state index in [-0.39, 0.29) is 34.0 Å². The van der Waals surface area contributed by atoms with E-state index in [0.29, 0.717) is 24.7 Å². The largest absolute Gasteiger partial charge is 0.481 e. The molecule has 12 atom stereocenters. The molecule has 0 radical (unpaired) electrons. The summed E-state index contributed by atoms with van der Waals surface area (Å²) in [6.45, 7) is 14.6. The fraction of sp³-hybridized carbons (Fsp3) is 0.848. The summed E-state index contributed by atoms with van der Waals surface area (Å²) < 4.78 is 0. The number of carbonyl (C=O) groups excluding carboxylic acids is 1. The van der Waals surface area contributed by atoms with Crippen molar-refractivity contribution in [2.24, 2.45) is 56.7 Å². The van der Waals surface area contributed by atoms with Gasteiger partial charge in [0.2, 0.25) is 5.91 Å². The summed E-state index contributed by atoms with van der Waals surface area (Å²) in [6, 6.07) is -1.41. The fourth-order valence-corrected chi connectivity index (χ4v) is 12.0. The van der Waals surface area contributed by atoms with Gasteiger partial charge in [0.1, 0.15) is 6.04 Å². The summed E-state index contributed by atoms with van der Waals surface area (Å²) in [5.41, 5.74) is -1.08. The van der Waals surface area contributed by atoms with Gasteiger partial charge >= 0.3 is 11.9 Å². The first-order valence-electron chi connectivity index (χ1n) is 15.8. The van der Waals surface area contributed by atoms with Crippen LogP contribution < -0.4 is 5.32 Å². The molecule has 8 nitrogen and oxygen atoms in total. The van der Waals surface area contributed by atoms with E-state index in [9.17, 15) is 34.8 Å². The van der Waals surface area contributed by atoms with E-state index >= 15 is 0 Å². The molecular weight excluding hydrogens is 522 g/mol. The minimum absolute atomic E-state index is 0.0500. The second kappa shape index (κ2) is 9.80. The van der Waals surface area contributed by atoms with Gasteiger partial charge in [0.25, 0.3) is 0 Å². The summed E-state index contributed by atoms with van der Waals surface area (Å²) >= 11 is 0. The maximum atomic E-state index is 13.7. The summed E-state index contributed by atoms with van der Waals surface area (Å²) in [5.74, 6) is -1.65. The minimum Gasteiger partial charge on any atom is -0.481 e. The fourth-order valence-electron chi connectivity index (χ4n) is 12.0. The second-order valence-electron chi connectivity index (χ2n) is 15.5. The molecule has 0 aliphatic heterocycles. The number of hydrogen-bond donors (Lipinski definition) is 5. The Morgan fingerprint density at radius 2 is 1.56 bits per heavy atom. The molecule has 5 fully saturated rings. The Balaban J connectivity index is 1.52. The van der Waals surface area contributed by atoms with Crippen molar-refractivity contribution in [2.75, 3.05) is 6.61 Å². The summed E-state index contributed by atoms with van der Waals surface area (Å²) in [5, 5.41) is 43.5. The van der Waals surface area contributed by atoms with Crippen LogP contribution in [0.25, 0.3) is 0 Å². The zero-order valence-corrected chi connectivity index (χ0v) is 25.5. The van der Waals surface area contributed by atoms with Gasteiger partial charge in [-0.15, -0.1) is 0 Å². The molecule has 5 rings (SSSR count). The molecular formula is C33H51NO7. The van der Waals surface area contributed by atoms with E-state index in [4.69, 9.17) is 0 Å². The van der Waals surface area contributed by atoms with Gasteiger partial charge in [-0.2, -0.15) is 0 Å². The number of rotatable bonds is 6. The van der Waals surface area contributed by atoms with E-state index in [1.807, 2.05) is 0 Å². The van der Waals surface area contributed by atoms with E-state index < -0.39 is 47.4 Å². The lowest BCUT2D eigenvalue weighted by Gasteiger charge is -2.72. The van der Waals surface area contributed by atoms with Crippen LogP contribution in [0, 0.1) is 56.7 Å². The average molecular weight is 574 g/mol. The number of aliphatic hydroxyl groups is 2. The molecule has 0 unspecified atom stereocenters. The van der Waals surface area contributed by atoms with Gasteiger partial charge in [0, 0.05) is 0 Å². The number of carboxylic acids is 2. The highest BCUT2D eigenvalue weighted by molar-refractivity contribution is 5.88. The van der Waals surface area contributed by atoms with Gasteiger partial charge in [-0.1, -0.05) is 32.9 Å². The van der Waals surface area contributed by atoms with Crippen LogP contribution in [0.4, 0.5) is 0 Å². The summed E-state index contributed by atoms with van der Waals surface area (Å²) in [4.78, 5) is 38.2. The highest BCUT2D eigenvalue weighted by atomic mass is 16.4. The van der Waals surface area contributed by atoms with E-state index in [2.05, 4.69) is 39.6 Å². The molecule has 1 amide bonds. The van der Waals surface area contributed by atoms with Crippen molar-refractivity contribution in [2.45, 2.75) is 111 Å². The Labute approximate surface area is 244 Å². The molecule has 0 aromatic rings. The van der Waals surface area contributed by atoms with Crippen molar-refractivity contribution in [3.8, 4) is 0 Å². The first-order chi connectivity index (χ1) is 19.0. The number of nitrogens with one attached hydrogen (secondary N) is 1. The lowest BCUT2D eigenvalue weighted by atomic mass is 9.32. The van der Waals surface area contributed by atoms with Gasteiger partial charge < -0.3 is 25.7 Å². The van der Waals surface area contributed by atoms with E-state index in [1.165, 1.54) is 0 Å². The van der Waals surface area contributed by atoms with Gasteiger partial charge in [0.05, 0.1) is 23.5 Å². The average Bonchev–Trinajstić information content (AvgIpc) is 3.31.